The smallest absolute Gasteiger partial charge is 0.374 e. The molecule has 5 heteroatoms. The number of anilines is 1. The monoisotopic (exact) mass is 260 g/mol. The lowest BCUT2D eigenvalue weighted by atomic mass is 10.1. The van der Waals surface area contributed by atoms with Gasteiger partial charge < -0.3 is 10.6 Å². The highest BCUT2D eigenvalue weighted by Crippen LogP contribution is 2.33. The number of benzene rings is 1. The summed E-state index contributed by atoms with van der Waals surface area (Å²) in [7, 11) is 1.86. The Morgan fingerprint density at radius 3 is 2.33 bits per heavy atom. The van der Waals surface area contributed by atoms with Crippen molar-refractivity contribution in [3.05, 3.63) is 29.3 Å². The predicted molar refractivity (Wildman–Crippen MR) is 67.4 cm³/mol. The highest BCUT2D eigenvalue weighted by Gasteiger charge is 2.33. The highest BCUT2D eigenvalue weighted by molar-refractivity contribution is 5.51. The Morgan fingerprint density at radius 2 is 1.89 bits per heavy atom. The van der Waals surface area contributed by atoms with Crippen LogP contribution in [0.3, 0.4) is 0 Å². The average Bonchev–Trinajstić information content (AvgIpc) is 2.26. The molecule has 0 saturated heterocycles. The first-order valence-corrected chi connectivity index (χ1v) is 5.87. The van der Waals surface area contributed by atoms with E-state index < -0.39 is 11.7 Å². The predicted octanol–water partition coefficient (Wildman–Crippen LogP) is 3.26. The maximum atomic E-state index is 12.7. The van der Waals surface area contributed by atoms with Gasteiger partial charge in [0.25, 0.3) is 0 Å². The molecule has 0 heterocycles. The number of hydrogen-bond acceptors (Lipinski definition) is 2. The molecule has 0 spiro atoms. The maximum Gasteiger partial charge on any atom is 0.416 e. The van der Waals surface area contributed by atoms with E-state index in [2.05, 4.69) is 13.8 Å². The lowest BCUT2D eigenvalue weighted by Gasteiger charge is -2.23. The first-order valence-electron chi connectivity index (χ1n) is 5.87. The Kier molecular flexibility index (Phi) is 4.62. The van der Waals surface area contributed by atoms with Gasteiger partial charge in [0.15, 0.2) is 0 Å². The molecule has 0 aliphatic rings. The second-order valence-electron chi connectivity index (χ2n) is 4.82. The molecule has 0 aliphatic carbocycles. The number of rotatable bonds is 4. The Bertz CT molecular complexity index is 400. The molecule has 0 atom stereocenters. The van der Waals surface area contributed by atoms with Crippen LogP contribution in [0.1, 0.15) is 25.0 Å². The molecular weight excluding hydrogens is 241 g/mol. The van der Waals surface area contributed by atoms with Crippen molar-refractivity contribution in [3.8, 4) is 0 Å². The summed E-state index contributed by atoms with van der Waals surface area (Å²) in [6.07, 6.45) is -4.34. The molecular formula is C13H19F3N2. The van der Waals surface area contributed by atoms with E-state index in [0.717, 1.165) is 18.3 Å². The molecule has 1 aromatic carbocycles. The lowest BCUT2D eigenvalue weighted by molar-refractivity contribution is -0.138. The normalized spacial score (nSPS) is 12.0. The van der Waals surface area contributed by atoms with Gasteiger partial charge in [-0.05, 0) is 29.7 Å². The minimum atomic E-state index is -4.34. The van der Waals surface area contributed by atoms with Gasteiger partial charge in [-0.15, -0.1) is 0 Å². The van der Waals surface area contributed by atoms with Crippen molar-refractivity contribution in [2.45, 2.75) is 26.6 Å². The Labute approximate surface area is 106 Å². The van der Waals surface area contributed by atoms with Crippen LogP contribution >= 0.6 is 0 Å². The fourth-order valence-electron chi connectivity index (χ4n) is 1.92. The molecule has 1 aromatic rings. The summed E-state index contributed by atoms with van der Waals surface area (Å²) in [5.41, 5.74) is 5.65. The topological polar surface area (TPSA) is 29.3 Å². The molecule has 0 bridgehead atoms. The summed E-state index contributed by atoms with van der Waals surface area (Å²) in [6.45, 7) is 4.79. The first-order chi connectivity index (χ1) is 8.25. The maximum absolute atomic E-state index is 12.7. The van der Waals surface area contributed by atoms with E-state index >= 15 is 0 Å². The Balaban J connectivity index is 3.06. The molecule has 0 saturated carbocycles. The van der Waals surface area contributed by atoms with Crippen molar-refractivity contribution in [3.63, 3.8) is 0 Å². The zero-order chi connectivity index (χ0) is 13.9. The summed E-state index contributed by atoms with van der Waals surface area (Å²) in [6, 6.07) is 4.12. The van der Waals surface area contributed by atoms with E-state index in [1.54, 1.807) is 0 Å². The molecule has 0 aliphatic heterocycles. The van der Waals surface area contributed by atoms with Crippen LogP contribution in [0.4, 0.5) is 18.9 Å². The molecule has 0 amide bonds. The molecule has 0 radical (unpaired) electrons. The van der Waals surface area contributed by atoms with Crippen LogP contribution in [0.25, 0.3) is 0 Å². The van der Waals surface area contributed by atoms with E-state index in [9.17, 15) is 13.2 Å². The van der Waals surface area contributed by atoms with Gasteiger partial charge in [0.05, 0.1) is 5.56 Å². The Morgan fingerprint density at radius 1 is 1.28 bits per heavy atom. The second-order valence-corrected chi connectivity index (χ2v) is 4.82. The lowest BCUT2D eigenvalue weighted by Crippen LogP contribution is -2.23. The number of halogens is 3. The van der Waals surface area contributed by atoms with Gasteiger partial charge in [-0.1, -0.05) is 13.8 Å². The third kappa shape index (κ3) is 3.63. The number of nitrogens with two attached hydrogens (primary N) is 1. The average molecular weight is 260 g/mol. The summed E-state index contributed by atoms with van der Waals surface area (Å²) in [5.74, 6) is 0.443. The van der Waals surface area contributed by atoms with Crippen molar-refractivity contribution in [2.24, 2.45) is 11.7 Å². The van der Waals surface area contributed by atoms with Gasteiger partial charge in [-0.25, -0.2) is 0 Å². The van der Waals surface area contributed by atoms with Crippen LogP contribution in [0.5, 0.6) is 0 Å². The van der Waals surface area contributed by atoms with Gasteiger partial charge in [-0.3, -0.25) is 0 Å². The number of hydrogen-bond donors (Lipinski definition) is 1. The second kappa shape index (κ2) is 5.61. The Hall–Kier alpha value is -1.23. The van der Waals surface area contributed by atoms with Crippen LogP contribution in [0.15, 0.2) is 18.2 Å². The quantitative estimate of drug-likeness (QED) is 0.900. The molecule has 0 unspecified atom stereocenters. The van der Waals surface area contributed by atoms with E-state index in [1.807, 2.05) is 11.9 Å². The van der Waals surface area contributed by atoms with Crippen LogP contribution in [0, 0.1) is 5.92 Å². The molecule has 2 nitrogen and oxygen atoms in total. The standard InChI is InChI=1S/C13H19F3N2/c1-9(2)8-18(3)11-4-5-12(13(14,15)16)10(6-11)7-17/h4-6,9H,7-8,17H2,1-3H3. The van der Waals surface area contributed by atoms with Crippen molar-refractivity contribution < 1.29 is 13.2 Å². The first kappa shape index (κ1) is 14.8. The van der Waals surface area contributed by atoms with Crippen LogP contribution in [-0.4, -0.2) is 13.6 Å². The van der Waals surface area contributed by atoms with Gasteiger partial charge in [-0.2, -0.15) is 13.2 Å². The summed E-state index contributed by atoms with van der Waals surface area (Å²) in [5, 5.41) is 0. The largest absolute Gasteiger partial charge is 0.416 e. The van der Waals surface area contributed by atoms with Crippen molar-refractivity contribution >= 4 is 5.69 Å². The van der Waals surface area contributed by atoms with Crippen molar-refractivity contribution in [2.75, 3.05) is 18.5 Å². The zero-order valence-electron chi connectivity index (χ0n) is 10.9. The minimum absolute atomic E-state index is 0.113. The zero-order valence-corrected chi connectivity index (χ0v) is 10.9. The summed E-state index contributed by atoms with van der Waals surface area (Å²) in [4.78, 5) is 1.93. The van der Waals surface area contributed by atoms with Gasteiger partial charge in [0, 0.05) is 25.8 Å². The van der Waals surface area contributed by atoms with Crippen LogP contribution in [-0.2, 0) is 12.7 Å². The number of nitrogens with zero attached hydrogens (tertiary/aromatic N) is 1. The van der Waals surface area contributed by atoms with E-state index in [1.165, 1.54) is 12.1 Å². The number of alkyl halides is 3. The fraction of sp³-hybridized carbons (Fsp3) is 0.538. The molecule has 18 heavy (non-hydrogen) atoms. The third-order valence-electron chi connectivity index (χ3n) is 2.69. The third-order valence-corrected chi connectivity index (χ3v) is 2.69. The van der Waals surface area contributed by atoms with Gasteiger partial charge in [0.1, 0.15) is 0 Å². The van der Waals surface area contributed by atoms with Crippen molar-refractivity contribution in [1.82, 2.24) is 0 Å². The van der Waals surface area contributed by atoms with E-state index in [-0.39, 0.29) is 12.1 Å². The van der Waals surface area contributed by atoms with E-state index in [4.69, 9.17) is 5.73 Å². The van der Waals surface area contributed by atoms with Crippen molar-refractivity contribution in [1.29, 1.82) is 0 Å². The SMILES string of the molecule is CC(C)CN(C)c1ccc(C(F)(F)F)c(CN)c1. The van der Waals surface area contributed by atoms with E-state index in [0.29, 0.717) is 5.92 Å². The minimum Gasteiger partial charge on any atom is -0.374 e. The summed E-state index contributed by atoms with van der Waals surface area (Å²) < 4.78 is 38.1. The van der Waals surface area contributed by atoms with Crippen LogP contribution < -0.4 is 10.6 Å². The fourth-order valence-corrected chi connectivity index (χ4v) is 1.92. The molecule has 2 N–H and O–H groups in total. The molecule has 1 rings (SSSR count). The van der Waals surface area contributed by atoms with Gasteiger partial charge >= 0.3 is 6.18 Å². The molecule has 0 fully saturated rings. The highest BCUT2D eigenvalue weighted by atomic mass is 19.4. The van der Waals surface area contributed by atoms with Gasteiger partial charge in [0.2, 0.25) is 0 Å². The summed E-state index contributed by atoms with van der Waals surface area (Å²) >= 11 is 0. The molecule has 0 aromatic heterocycles. The van der Waals surface area contributed by atoms with Crippen LogP contribution in [0.2, 0.25) is 0 Å². The molecule has 102 valence electrons.